The van der Waals surface area contributed by atoms with E-state index in [9.17, 15) is 0 Å². The van der Waals surface area contributed by atoms with Crippen molar-refractivity contribution in [3.8, 4) is 0 Å². The van der Waals surface area contributed by atoms with Crippen molar-refractivity contribution in [3.05, 3.63) is 163 Å². The van der Waals surface area contributed by atoms with E-state index in [4.69, 9.17) is 30.6 Å². The van der Waals surface area contributed by atoms with Gasteiger partial charge >= 0.3 is 30.2 Å². The zero-order valence-electron chi connectivity index (χ0n) is 30.2. The van der Waals surface area contributed by atoms with Gasteiger partial charge in [-0.15, -0.1) is 10.9 Å². The number of aryl methyl sites for hydroxylation is 6. The molecule has 0 aliphatic carbocycles. The molecule has 0 N–H and O–H groups in total. The van der Waals surface area contributed by atoms with E-state index in [0.29, 0.717) is 0 Å². The van der Waals surface area contributed by atoms with Crippen molar-refractivity contribution in [3.63, 3.8) is 0 Å². The van der Waals surface area contributed by atoms with Gasteiger partial charge in [0.15, 0.2) is 0 Å². The molecule has 0 aliphatic rings. The van der Waals surface area contributed by atoms with Gasteiger partial charge in [0.05, 0.1) is 34.2 Å². The van der Waals surface area contributed by atoms with Gasteiger partial charge < -0.3 is 27.6 Å². The molecule has 6 aromatic heterocycles. The first-order chi connectivity index (χ1) is 25.0. The van der Waals surface area contributed by atoms with Crippen molar-refractivity contribution in [2.45, 2.75) is 41.5 Å². The van der Waals surface area contributed by atoms with Crippen molar-refractivity contribution in [1.29, 1.82) is 0 Å². The molecule has 0 bridgehead atoms. The van der Waals surface area contributed by atoms with E-state index in [1.807, 2.05) is 143 Å². The first-order valence-electron chi connectivity index (χ1n) is 17.0. The molecule has 0 saturated heterocycles. The standard InChI is InChI=1S/2C18H19BIN6.Fe/c2*1-14-8-11-24(21-14)19(25-12-9-15(2)22-25,26-13-10-16(3)23-26)17-4-6-18(20)7-5-17;/h2*4-13H,1-3H3;/q2*-1;+2. The molecule has 0 amide bonds. The van der Waals surface area contributed by atoms with Crippen LogP contribution in [0.2, 0.25) is 0 Å². The van der Waals surface area contributed by atoms with Crippen LogP contribution in [0.1, 0.15) is 34.2 Å². The number of hydrogen-bond acceptors (Lipinski definition) is 6. The smallest absolute Gasteiger partial charge is 0.396 e. The summed E-state index contributed by atoms with van der Waals surface area (Å²) >= 11 is 4.64. The number of rotatable bonds is 8. The van der Waals surface area contributed by atoms with Crippen LogP contribution in [-0.4, -0.2) is 71.3 Å². The van der Waals surface area contributed by atoms with E-state index in [0.717, 1.165) is 45.1 Å². The molecule has 17 heteroatoms. The second kappa shape index (κ2) is 15.7. The van der Waals surface area contributed by atoms with Gasteiger partial charge in [-0.25, -0.2) is 30.6 Å². The van der Waals surface area contributed by atoms with Gasteiger partial charge in [0, 0.05) is 7.14 Å². The van der Waals surface area contributed by atoms with E-state index < -0.39 is 13.1 Å². The molecule has 6 heterocycles. The van der Waals surface area contributed by atoms with Crippen molar-refractivity contribution >= 4 is 69.2 Å². The van der Waals surface area contributed by atoms with E-state index in [1.54, 1.807) is 0 Å². The average molecular weight is 970 g/mol. The maximum Gasteiger partial charge on any atom is 2.00 e. The Morgan fingerprint density at radius 2 is 0.528 bits per heavy atom. The Balaban J connectivity index is 0.000000178. The largest absolute Gasteiger partial charge is 2.00 e. The fourth-order valence-electron chi connectivity index (χ4n) is 6.89. The predicted molar refractivity (Wildman–Crippen MR) is 223 cm³/mol. The second-order valence-corrected chi connectivity index (χ2v) is 15.7. The third-order valence-electron chi connectivity index (χ3n) is 9.30. The van der Waals surface area contributed by atoms with Crippen LogP contribution in [0.3, 0.4) is 0 Å². The Morgan fingerprint density at radius 3 is 0.679 bits per heavy atom. The Morgan fingerprint density at radius 1 is 0.340 bits per heavy atom. The number of hydrogen-bond donors (Lipinski definition) is 0. The minimum Gasteiger partial charge on any atom is -0.396 e. The molecule has 0 spiro atoms. The zero-order chi connectivity index (χ0) is 36.6. The topological polar surface area (TPSA) is 107 Å². The summed E-state index contributed by atoms with van der Waals surface area (Å²) in [5, 5.41) is 28.6. The number of nitrogens with zero attached hydrogens (tertiary/aromatic N) is 12. The predicted octanol–water partition coefficient (Wildman–Crippen LogP) is 5.19. The molecule has 12 nitrogen and oxygen atoms in total. The van der Waals surface area contributed by atoms with Gasteiger partial charge in [-0.2, -0.15) is 0 Å². The van der Waals surface area contributed by atoms with Crippen LogP contribution < -0.4 is 10.9 Å². The van der Waals surface area contributed by atoms with Crippen molar-refractivity contribution < 1.29 is 17.1 Å². The number of benzene rings is 2. The molecule has 0 aliphatic heterocycles. The first kappa shape index (κ1) is 38.5. The van der Waals surface area contributed by atoms with Gasteiger partial charge in [0.1, 0.15) is 0 Å². The Hall–Kier alpha value is -4.19. The maximum atomic E-state index is 4.77. The summed E-state index contributed by atoms with van der Waals surface area (Å²) in [5.74, 6) is 0. The van der Waals surface area contributed by atoms with Gasteiger partial charge in [0.2, 0.25) is 0 Å². The van der Waals surface area contributed by atoms with Crippen molar-refractivity contribution in [2.24, 2.45) is 0 Å². The molecule has 0 unspecified atom stereocenters. The number of halogens is 2. The molecule has 0 fully saturated rings. The van der Waals surface area contributed by atoms with Crippen LogP contribution in [0.4, 0.5) is 0 Å². The van der Waals surface area contributed by atoms with Crippen LogP contribution in [0.25, 0.3) is 0 Å². The zero-order valence-corrected chi connectivity index (χ0v) is 35.6. The SMILES string of the molecule is Cc1ccn([B-](c2ccc(I)cc2)(n2ccc(C)n2)n2ccc(C)n2)n1.Cc1ccn([B-](c2ccc(I)cc2)(n2ccc(C)n2)n2ccc(C)n2)n1.[Fe+2]. The van der Waals surface area contributed by atoms with Crippen LogP contribution in [0.5, 0.6) is 0 Å². The molecule has 0 saturated carbocycles. The van der Waals surface area contributed by atoms with Crippen LogP contribution in [-0.2, 0) is 17.1 Å². The fraction of sp³-hybridized carbons (Fsp3) is 0.167. The van der Waals surface area contributed by atoms with Crippen molar-refractivity contribution in [1.82, 2.24) is 58.1 Å². The van der Waals surface area contributed by atoms with Crippen LogP contribution in [0.15, 0.2) is 122 Å². The normalized spacial score (nSPS) is 11.6. The monoisotopic (exact) mass is 970 g/mol. The van der Waals surface area contributed by atoms with Gasteiger partial charge in [0.25, 0.3) is 0 Å². The summed E-state index contributed by atoms with van der Waals surface area (Å²) in [6.07, 6.45) is 12.0. The molecule has 2 aromatic carbocycles. The molecular formula is C36H38B2FeI2N12. The second-order valence-electron chi connectivity index (χ2n) is 13.2. The van der Waals surface area contributed by atoms with Crippen molar-refractivity contribution in [2.75, 3.05) is 0 Å². The van der Waals surface area contributed by atoms with Gasteiger partial charge in [-0.05, 0) is 160 Å². The average Bonchev–Trinajstić information content (AvgIpc) is 3.98. The minimum atomic E-state index is -1.75. The van der Waals surface area contributed by atoms with Crippen LogP contribution >= 0.6 is 45.2 Å². The van der Waals surface area contributed by atoms with E-state index in [1.165, 1.54) is 7.14 Å². The fourth-order valence-corrected chi connectivity index (χ4v) is 7.61. The third kappa shape index (κ3) is 7.23. The summed E-state index contributed by atoms with van der Waals surface area (Å²) in [5.41, 5.74) is 7.89. The minimum absolute atomic E-state index is 0. The summed E-state index contributed by atoms with van der Waals surface area (Å²) in [6, 6.07) is 29.0. The number of aromatic nitrogens is 12. The molecule has 0 radical (unpaired) electrons. The molecule has 270 valence electrons. The van der Waals surface area contributed by atoms with E-state index in [-0.39, 0.29) is 17.1 Å². The van der Waals surface area contributed by atoms with Crippen LogP contribution in [0, 0.1) is 48.7 Å². The Kier molecular flexibility index (Phi) is 11.4. The van der Waals surface area contributed by atoms with E-state index in [2.05, 4.69) is 93.7 Å². The maximum absolute atomic E-state index is 4.77. The van der Waals surface area contributed by atoms with Gasteiger partial charge in [-0.1, -0.05) is 48.5 Å². The molecule has 8 rings (SSSR count). The summed E-state index contributed by atoms with van der Waals surface area (Å²) in [7, 11) is 0. The van der Waals surface area contributed by atoms with E-state index >= 15 is 0 Å². The molecular weight excluding hydrogens is 932 g/mol. The quantitative estimate of drug-likeness (QED) is 0.154. The van der Waals surface area contributed by atoms with Gasteiger partial charge in [-0.3, -0.25) is 0 Å². The molecule has 8 aromatic rings. The Bertz CT molecular complexity index is 2070. The Labute approximate surface area is 346 Å². The molecule has 53 heavy (non-hydrogen) atoms. The summed E-state index contributed by atoms with van der Waals surface area (Å²) in [6.45, 7) is 8.46. The molecule has 0 atom stereocenters. The first-order valence-corrected chi connectivity index (χ1v) is 19.1. The third-order valence-corrected chi connectivity index (χ3v) is 10.7. The summed E-state index contributed by atoms with van der Waals surface area (Å²) < 4.78 is 14.3. The summed E-state index contributed by atoms with van der Waals surface area (Å²) in [4.78, 5) is 0.